The van der Waals surface area contributed by atoms with Crippen molar-refractivity contribution in [1.82, 2.24) is 0 Å². The van der Waals surface area contributed by atoms with Gasteiger partial charge in [0, 0.05) is 13.2 Å². The Bertz CT molecular complexity index is 764. The summed E-state index contributed by atoms with van der Waals surface area (Å²) in [5.41, 5.74) is 15.8. The van der Waals surface area contributed by atoms with Crippen LogP contribution in [0.5, 0.6) is 0 Å². The highest BCUT2D eigenvalue weighted by Gasteiger charge is 2.27. The van der Waals surface area contributed by atoms with E-state index in [2.05, 4.69) is 64.9 Å². The molecule has 0 aromatic heterocycles. The number of aliphatic carboxylic acids is 1. The summed E-state index contributed by atoms with van der Waals surface area (Å²) in [5, 5.41) is 18.2. The minimum atomic E-state index is -4.57. The summed E-state index contributed by atoms with van der Waals surface area (Å²) in [4.78, 5) is 31.3. The van der Waals surface area contributed by atoms with Crippen LogP contribution in [0.4, 0.5) is 0 Å². The number of hydrogen-bond donors (Lipinski definition) is 7. The molecule has 40 heavy (non-hydrogen) atoms. The lowest BCUT2D eigenvalue weighted by Crippen LogP contribution is -2.30. The Morgan fingerprint density at radius 1 is 0.975 bits per heavy atom. The van der Waals surface area contributed by atoms with Crippen molar-refractivity contribution in [2.45, 2.75) is 106 Å². The summed E-state index contributed by atoms with van der Waals surface area (Å²) in [7, 11) is -4.57. The molecule has 0 saturated carbocycles. The van der Waals surface area contributed by atoms with Crippen molar-refractivity contribution in [3.63, 3.8) is 0 Å². The van der Waals surface area contributed by atoms with E-state index in [4.69, 9.17) is 36.8 Å². The van der Waals surface area contributed by atoms with Gasteiger partial charge in [0.25, 0.3) is 0 Å². The number of carboxylic acids is 1. The monoisotopic (exact) mass is 598 g/mol. The van der Waals surface area contributed by atoms with Crippen LogP contribution in [0.3, 0.4) is 0 Å². The van der Waals surface area contributed by atoms with Crippen molar-refractivity contribution < 1.29 is 38.6 Å². The standard InChI is InChI=1S/C21H45O6P.C6H14N4O2/c1-16(2)11-21(7,8)10-9-18(17(3)12-20(4,5)6)13-26-14-19(22)15-27-28(23,24)25;7-4(5(11)12)2-1-3-10-6(8)9/h16-19,22H,9-15H2,1-8H3,(H2,23,24,25);4H,1-3,7H2,(H,11,12)(H4,8,9,10)/t;4-/m.0/s1. The SMILES string of the molecule is CC(C)CC(C)(C)CCC(COCC(O)COP(=O)(O)O)C(C)CC(C)(C)C.NC(N)=NCCC[C@H](N)C(=O)O. The highest BCUT2D eigenvalue weighted by Crippen LogP contribution is 2.37. The average molecular weight is 599 g/mol. The molecule has 0 aliphatic carbocycles. The molecule has 3 unspecified atom stereocenters. The van der Waals surface area contributed by atoms with E-state index < -0.39 is 32.5 Å². The number of aliphatic hydroxyl groups is 1. The number of aliphatic imine (C=N–C) groups is 1. The van der Waals surface area contributed by atoms with Crippen LogP contribution >= 0.6 is 7.82 Å². The normalized spacial score (nSPS) is 15.5. The van der Waals surface area contributed by atoms with Gasteiger partial charge in [-0.25, -0.2) is 4.57 Å². The number of phosphoric ester groups is 1. The highest BCUT2D eigenvalue weighted by molar-refractivity contribution is 7.46. The Hall–Kier alpha value is -1.27. The lowest BCUT2D eigenvalue weighted by atomic mass is 9.74. The fourth-order valence-corrected chi connectivity index (χ4v) is 5.04. The first kappa shape index (κ1) is 40.9. The summed E-state index contributed by atoms with van der Waals surface area (Å²) in [6.45, 7) is 18.7. The second-order valence-corrected chi connectivity index (χ2v) is 14.4. The largest absolute Gasteiger partial charge is 0.480 e. The van der Waals surface area contributed by atoms with Crippen LogP contribution in [-0.2, 0) is 18.6 Å². The Labute approximate surface area is 241 Å². The molecule has 0 aliphatic heterocycles. The van der Waals surface area contributed by atoms with Gasteiger partial charge < -0.3 is 41.9 Å². The molecule has 0 aliphatic rings. The molecule has 0 rings (SSSR count). The Kier molecular flexibility index (Phi) is 20.2. The van der Waals surface area contributed by atoms with Gasteiger partial charge in [0.2, 0.25) is 0 Å². The van der Waals surface area contributed by atoms with Crippen molar-refractivity contribution in [2.75, 3.05) is 26.4 Å². The summed E-state index contributed by atoms with van der Waals surface area (Å²) >= 11 is 0. The zero-order valence-electron chi connectivity index (χ0n) is 26.0. The molecule has 0 heterocycles. The Balaban J connectivity index is 0. The third-order valence-electron chi connectivity index (χ3n) is 6.25. The minimum absolute atomic E-state index is 0.00806. The highest BCUT2D eigenvalue weighted by atomic mass is 31.2. The molecule has 0 amide bonds. The van der Waals surface area contributed by atoms with E-state index in [0.717, 1.165) is 19.3 Å². The number of rotatable bonds is 19. The van der Waals surface area contributed by atoms with Crippen LogP contribution in [0.15, 0.2) is 4.99 Å². The number of carboxylic acid groups (broad SMARTS) is 1. The van der Waals surface area contributed by atoms with Crippen LogP contribution in [0.2, 0.25) is 0 Å². The summed E-state index contributed by atoms with van der Waals surface area (Å²) < 4.78 is 20.8. The van der Waals surface area contributed by atoms with Crippen LogP contribution in [0, 0.1) is 28.6 Å². The maximum atomic E-state index is 10.7. The second kappa shape index (κ2) is 19.8. The Morgan fingerprint density at radius 2 is 1.55 bits per heavy atom. The van der Waals surface area contributed by atoms with Crippen molar-refractivity contribution >= 4 is 19.8 Å². The van der Waals surface area contributed by atoms with Gasteiger partial charge in [-0.1, -0.05) is 55.4 Å². The van der Waals surface area contributed by atoms with Crippen molar-refractivity contribution in [3.8, 4) is 0 Å². The maximum absolute atomic E-state index is 10.7. The zero-order valence-corrected chi connectivity index (χ0v) is 26.9. The van der Waals surface area contributed by atoms with Gasteiger partial charge in [0.15, 0.2) is 5.96 Å². The van der Waals surface area contributed by atoms with Gasteiger partial charge in [0.1, 0.15) is 12.1 Å². The molecular formula is C27H59N4O8P. The van der Waals surface area contributed by atoms with Crippen LogP contribution < -0.4 is 17.2 Å². The van der Waals surface area contributed by atoms with E-state index in [-0.39, 0.29) is 23.4 Å². The fourth-order valence-electron chi connectivity index (χ4n) is 4.68. The van der Waals surface area contributed by atoms with E-state index >= 15 is 0 Å². The van der Waals surface area contributed by atoms with E-state index in [1.165, 1.54) is 6.42 Å². The van der Waals surface area contributed by atoms with Gasteiger partial charge in [0.05, 0.1) is 13.2 Å². The quantitative estimate of drug-likeness (QED) is 0.0493. The number of hydrogen-bond acceptors (Lipinski definition) is 7. The first-order valence-electron chi connectivity index (χ1n) is 14.0. The van der Waals surface area contributed by atoms with Crippen molar-refractivity contribution in [3.05, 3.63) is 0 Å². The topological polar surface area (TPSA) is 224 Å². The van der Waals surface area contributed by atoms with Crippen LogP contribution in [0.1, 0.15) is 93.9 Å². The number of guanidine groups is 1. The number of nitrogens with two attached hydrogens (primary N) is 3. The number of nitrogens with zero attached hydrogens (tertiary/aromatic N) is 1. The Morgan fingerprint density at radius 3 is 2.00 bits per heavy atom. The third kappa shape index (κ3) is 26.9. The van der Waals surface area contributed by atoms with Gasteiger partial charge in [-0.2, -0.15) is 0 Å². The van der Waals surface area contributed by atoms with Crippen LogP contribution in [0.25, 0.3) is 0 Å². The molecule has 13 heteroatoms. The number of phosphoric acid groups is 1. The maximum Gasteiger partial charge on any atom is 0.469 e. The molecule has 0 saturated heterocycles. The third-order valence-corrected chi connectivity index (χ3v) is 6.74. The van der Waals surface area contributed by atoms with E-state index in [9.17, 15) is 14.5 Å². The summed E-state index contributed by atoms with van der Waals surface area (Å²) in [5.74, 6) is 0.540. The molecule has 0 spiro atoms. The fraction of sp³-hybridized carbons (Fsp3) is 0.926. The molecule has 0 bridgehead atoms. The molecule has 12 nitrogen and oxygen atoms in total. The zero-order chi connectivity index (χ0) is 31.7. The number of ether oxygens (including phenoxy) is 1. The van der Waals surface area contributed by atoms with E-state index in [1.54, 1.807) is 0 Å². The van der Waals surface area contributed by atoms with Gasteiger partial charge in [-0.15, -0.1) is 0 Å². The molecule has 10 N–H and O–H groups in total. The molecule has 0 aromatic carbocycles. The average Bonchev–Trinajstić information content (AvgIpc) is 2.75. The van der Waals surface area contributed by atoms with Crippen molar-refractivity contribution in [2.24, 2.45) is 50.8 Å². The smallest absolute Gasteiger partial charge is 0.469 e. The first-order valence-corrected chi connectivity index (χ1v) is 15.6. The molecular weight excluding hydrogens is 539 g/mol. The van der Waals surface area contributed by atoms with E-state index in [0.29, 0.717) is 43.7 Å². The molecule has 0 fully saturated rings. The van der Waals surface area contributed by atoms with Gasteiger partial charge in [-0.05, 0) is 67.1 Å². The predicted molar refractivity (Wildman–Crippen MR) is 160 cm³/mol. The molecule has 0 aromatic rings. The molecule has 4 atom stereocenters. The minimum Gasteiger partial charge on any atom is -0.480 e. The summed E-state index contributed by atoms with van der Waals surface area (Å²) in [6, 6.07) is -0.820. The van der Waals surface area contributed by atoms with Gasteiger partial charge in [-0.3, -0.25) is 14.3 Å². The number of carbonyl (C=O) groups is 1. The first-order chi connectivity index (χ1) is 18.0. The summed E-state index contributed by atoms with van der Waals surface area (Å²) in [6.07, 6.45) is 4.37. The van der Waals surface area contributed by atoms with E-state index in [1.807, 2.05) is 0 Å². The lowest BCUT2D eigenvalue weighted by molar-refractivity contribution is -0.138. The molecule has 0 radical (unpaired) electrons. The second-order valence-electron chi connectivity index (χ2n) is 13.2. The number of aliphatic hydroxyl groups excluding tert-OH is 1. The van der Waals surface area contributed by atoms with Crippen LogP contribution in [-0.4, -0.2) is 70.4 Å². The predicted octanol–water partition coefficient (Wildman–Crippen LogP) is 3.47. The van der Waals surface area contributed by atoms with Crippen molar-refractivity contribution in [1.29, 1.82) is 0 Å². The van der Waals surface area contributed by atoms with Gasteiger partial charge >= 0.3 is 13.8 Å². The molecule has 240 valence electrons. The lowest BCUT2D eigenvalue weighted by Gasteiger charge is -2.33.